The van der Waals surface area contributed by atoms with Gasteiger partial charge in [-0.2, -0.15) is 0 Å². The molecule has 5 aliphatic rings. The maximum atomic E-state index is 12.9. The predicted octanol–water partition coefficient (Wildman–Crippen LogP) is 2.48. The Hall–Kier alpha value is -2.41. The van der Waals surface area contributed by atoms with Crippen molar-refractivity contribution in [3.63, 3.8) is 0 Å². The fraction of sp³-hybridized carbons (Fsp3) is 0.640. The molecule has 0 spiro atoms. The Labute approximate surface area is 188 Å². The van der Waals surface area contributed by atoms with E-state index in [1.165, 1.54) is 45.2 Å². The van der Waals surface area contributed by atoms with Gasteiger partial charge in [-0.05, 0) is 74.1 Å². The molecule has 0 aromatic heterocycles. The molecule has 32 heavy (non-hydrogen) atoms. The molecule has 0 radical (unpaired) electrons. The van der Waals surface area contributed by atoms with Crippen molar-refractivity contribution >= 4 is 17.7 Å². The molecular formula is C25H31N3O4. The highest BCUT2D eigenvalue weighted by atomic mass is 16.5. The first-order chi connectivity index (χ1) is 15.6. The molecule has 1 N–H and O–H groups in total. The molecule has 7 nitrogen and oxygen atoms in total. The number of hydrogen-bond acceptors (Lipinski definition) is 5. The van der Waals surface area contributed by atoms with Crippen molar-refractivity contribution in [3.05, 3.63) is 29.3 Å². The van der Waals surface area contributed by atoms with Crippen LogP contribution in [0.25, 0.3) is 0 Å². The van der Waals surface area contributed by atoms with E-state index in [4.69, 9.17) is 4.74 Å². The Balaban J connectivity index is 1.13. The summed E-state index contributed by atoms with van der Waals surface area (Å²) in [4.78, 5) is 40.9. The molecular weight excluding hydrogens is 406 g/mol. The van der Waals surface area contributed by atoms with Crippen LogP contribution >= 0.6 is 0 Å². The number of likely N-dealkylation sites (tertiary alicyclic amines) is 1. The Morgan fingerprint density at radius 3 is 2.53 bits per heavy atom. The smallest absolute Gasteiger partial charge is 0.255 e. The zero-order chi connectivity index (χ0) is 21.8. The number of carbonyl (C=O) groups is 3. The second kappa shape index (κ2) is 7.87. The van der Waals surface area contributed by atoms with E-state index in [-0.39, 0.29) is 30.2 Å². The molecule has 2 saturated carbocycles. The summed E-state index contributed by atoms with van der Waals surface area (Å²) < 4.78 is 6.52. The molecule has 1 unspecified atom stereocenters. The molecule has 3 aliphatic heterocycles. The van der Waals surface area contributed by atoms with Crippen LogP contribution < -0.4 is 10.1 Å². The van der Waals surface area contributed by atoms with Crippen molar-refractivity contribution in [3.8, 4) is 5.75 Å². The van der Waals surface area contributed by atoms with Crippen molar-refractivity contribution < 1.29 is 19.1 Å². The maximum absolute atomic E-state index is 12.9. The number of nitrogens with zero attached hydrogens (tertiary/aromatic N) is 2. The van der Waals surface area contributed by atoms with Gasteiger partial charge in [0.05, 0.1) is 0 Å². The van der Waals surface area contributed by atoms with Gasteiger partial charge in [-0.25, -0.2) is 0 Å². The minimum absolute atomic E-state index is 0.136. The van der Waals surface area contributed by atoms with Gasteiger partial charge in [-0.1, -0.05) is 6.42 Å². The van der Waals surface area contributed by atoms with E-state index in [9.17, 15) is 14.4 Å². The zero-order valence-corrected chi connectivity index (χ0v) is 18.4. The average Bonchev–Trinajstić information content (AvgIpc) is 3.52. The SMILES string of the molecule is O=C1CCC(N2Cc3cc(O[C@@H]4CCCC[C@@H]4N4CC(C5CC5)C4)ccc3C2=O)C(=O)N1. The summed E-state index contributed by atoms with van der Waals surface area (Å²) in [5.74, 6) is 1.93. The van der Waals surface area contributed by atoms with E-state index in [2.05, 4.69) is 10.2 Å². The predicted molar refractivity (Wildman–Crippen MR) is 117 cm³/mol. The zero-order valence-electron chi connectivity index (χ0n) is 18.4. The highest BCUT2D eigenvalue weighted by Crippen LogP contribution is 2.43. The van der Waals surface area contributed by atoms with Crippen LogP contribution in [0, 0.1) is 11.8 Å². The van der Waals surface area contributed by atoms with Crippen LogP contribution in [-0.4, -0.2) is 58.8 Å². The van der Waals surface area contributed by atoms with E-state index in [1.807, 2.05) is 18.2 Å². The Morgan fingerprint density at radius 1 is 0.938 bits per heavy atom. The molecule has 0 bridgehead atoms. The lowest BCUT2D eigenvalue weighted by Gasteiger charge is -2.48. The van der Waals surface area contributed by atoms with Gasteiger partial charge in [-0.15, -0.1) is 0 Å². The first-order valence-electron chi connectivity index (χ1n) is 12.2. The van der Waals surface area contributed by atoms with Gasteiger partial charge in [0.25, 0.3) is 5.91 Å². The number of benzene rings is 1. The van der Waals surface area contributed by atoms with Gasteiger partial charge in [0.2, 0.25) is 11.8 Å². The van der Waals surface area contributed by atoms with Crippen LogP contribution in [0.4, 0.5) is 0 Å². The number of fused-ring (bicyclic) bond motifs is 1. The van der Waals surface area contributed by atoms with Gasteiger partial charge < -0.3 is 9.64 Å². The number of ether oxygens (including phenoxy) is 1. The van der Waals surface area contributed by atoms with Crippen LogP contribution in [0.3, 0.4) is 0 Å². The molecule has 2 saturated heterocycles. The number of piperidine rings is 1. The van der Waals surface area contributed by atoms with Gasteiger partial charge in [0.15, 0.2) is 0 Å². The maximum Gasteiger partial charge on any atom is 0.255 e. The summed E-state index contributed by atoms with van der Waals surface area (Å²) in [7, 11) is 0. The third-order valence-electron chi connectivity index (χ3n) is 8.15. The number of nitrogens with one attached hydrogen (secondary N) is 1. The fourth-order valence-electron chi connectivity index (χ4n) is 6.12. The topological polar surface area (TPSA) is 79.0 Å². The molecule has 6 rings (SSSR count). The summed E-state index contributed by atoms with van der Waals surface area (Å²) in [5, 5.41) is 2.36. The summed E-state index contributed by atoms with van der Waals surface area (Å²) in [5.41, 5.74) is 1.54. The van der Waals surface area contributed by atoms with E-state index in [0.717, 1.165) is 29.6 Å². The van der Waals surface area contributed by atoms with Gasteiger partial charge in [-0.3, -0.25) is 24.6 Å². The lowest BCUT2D eigenvalue weighted by Crippen LogP contribution is -2.58. The lowest BCUT2D eigenvalue weighted by atomic mass is 9.85. The molecule has 7 heteroatoms. The van der Waals surface area contributed by atoms with Gasteiger partial charge >= 0.3 is 0 Å². The first kappa shape index (κ1) is 20.2. The number of imide groups is 1. The molecule has 2 aliphatic carbocycles. The Morgan fingerprint density at radius 2 is 1.75 bits per heavy atom. The average molecular weight is 438 g/mol. The second-order valence-corrected chi connectivity index (χ2v) is 10.3. The van der Waals surface area contributed by atoms with E-state index < -0.39 is 6.04 Å². The number of rotatable bonds is 5. The highest BCUT2D eigenvalue weighted by molar-refractivity contribution is 6.05. The van der Waals surface area contributed by atoms with Crippen molar-refractivity contribution in [1.29, 1.82) is 0 Å². The minimum atomic E-state index is -0.578. The summed E-state index contributed by atoms with van der Waals surface area (Å²) >= 11 is 0. The van der Waals surface area contributed by atoms with Crippen LogP contribution in [-0.2, 0) is 16.1 Å². The van der Waals surface area contributed by atoms with Crippen molar-refractivity contribution in [2.24, 2.45) is 11.8 Å². The number of carbonyl (C=O) groups excluding carboxylic acids is 3. The Bertz CT molecular complexity index is 953. The Kier molecular flexibility index (Phi) is 4.97. The van der Waals surface area contributed by atoms with E-state index in [0.29, 0.717) is 24.6 Å². The molecule has 170 valence electrons. The van der Waals surface area contributed by atoms with Gasteiger partial charge in [0.1, 0.15) is 17.9 Å². The van der Waals surface area contributed by atoms with Crippen molar-refractivity contribution in [1.82, 2.24) is 15.1 Å². The highest BCUT2D eigenvalue weighted by Gasteiger charge is 2.44. The van der Waals surface area contributed by atoms with Crippen LogP contribution in [0.2, 0.25) is 0 Å². The van der Waals surface area contributed by atoms with Gasteiger partial charge in [0, 0.05) is 37.7 Å². The van der Waals surface area contributed by atoms with E-state index in [1.54, 1.807) is 4.90 Å². The minimum Gasteiger partial charge on any atom is -0.489 e. The molecule has 4 fully saturated rings. The third kappa shape index (κ3) is 3.60. The number of hydrogen-bond donors (Lipinski definition) is 1. The van der Waals surface area contributed by atoms with Crippen LogP contribution in [0.15, 0.2) is 18.2 Å². The summed E-state index contributed by atoms with van der Waals surface area (Å²) in [6.45, 7) is 2.85. The summed E-state index contributed by atoms with van der Waals surface area (Å²) in [6, 6.07) is 5.63. The molecule has 3 atom stereocenters. The normalized spacial score (nSPS) is 31.3. The lowest BCUT2D eigenvalue weighted by molar-refractivity contribution is -0.136. The summed E-state index contributed by atoms with van der Waals surface area (Å²) in [6.07, 6.45) is 8.46. The number of amides is 3. The third-order valence-corrected chi connectivity index (χ3v) is 8.15. The molecule has 1 aromatic carbocycles. The van der Waals surface area contributed by atoms with Crippen molar-refractivity contribution in [2.75, 3.05) is 13.1 Å². The fourth-order valence-corrected chi connectivity index (χ4v) is 6.12. The van der Waals surface area contributed by atoms with E-state index >= 15 is 0 Å². The molecule has 3 amide bonds. The van der Waals surface area contributed by atoms with Crippen LogP contribution in [0.1, 0.15) is 67.3 Å². The molecule has 1 aromatic rings. The van der Waals surface area contributed by atoms with Crippen molar-refractivity contribution in [2.45, 2.75) is 76.1 Å². The quantitative estimate of drug-likeness (QED) is 0.716. The largest absolute Gasteiger partial charge is 0.489 e. The van der Waals surface area contributed by atoms with Crippen LogP contribution in [0.5, 0.6) is 5.75 Å². The second-order valence-electron chi connectivity index (χ2n) is 10.3. The first-order valence-corrected chi connectivity index (χ1v) is 12.2. The monoisotopic (exact) mass is 437 g/mol. The standard InChI is InChI=1S/C25H31N3O4/c29-23-10-9-21(24(30)26-23)28-14-16-11-18(7-8-19(16)25(28)31)32-22-4-2-1-3-20(22)27-12-17(13-27)15-5-6-15/h7-8,11,15,17,20-22H,1-6,9-10,12-14H2,(H,26,29,30)/t20-,21?,22+/m0/s1. The molecule has 3 heterocycles.